The summed E-state index contributed by atoms with van der Waals surface area (Å²) in [6.45, 7) is 4.64. The van der Waals surface area contributed by atoms with Gasteiger partial charge in [0.05, 0.1) is 0 Å². The first-order chi connectivity index (χ1) is 34.2. The van der Waals surface area contributed by atoms with Crippen molar-refractivity contribution in [1.82, 2.24) is 0 Å². The zero-order chi connectivity index (χ0) is 47.1. The van der Waals surface area contributed by atoms with E-state index >= 15 is 0 Å². The maximum atomic E-state index is 2.62. The van der Waals surface area contributed by atoms with Crippen LogP contribution in [0.4, 0.5) is 17.1 Å². The van der Waals surface area contributed by atoms with Crippen molar-refractivity contribution in [1.29, 1.82) is 0 Å². The summed E-state index contributed by atoms with van der Waals surface area (Å²) < 4.78 is 0. The number of fused-ring (bicyclic) bond motifs is 6. The highest BCUT2D eigenvalue weighted by Gasteiger charge is 2.42. The SMILES string of the molecule is CCCCCCCCCCCCC1(CCCCCCCCCCCC)c2ccccc2-c2ccc(N(c3ccc(-c4ccccc4)cc3)c3ccc(-c4ccc5c(c4)-c4ccccc4C5)cc3)cc21. The largest absolute Gasteiger partial charge is 0.310 e. The van der Waals surface area contributed by atoms with E-state index in [0.29, 0.717) is 0 Å². The Morgan fingerprint density at radius 3 is 1.35 bits per heavy atom. The van der Waals surface area contributed by atoms with E-state index in [1.165, 1.54) is 214 Å². The zero-order valence-corrected chi connectivity index (χ0v) is 42.3. The van der Waals surface area contributed by atoms with E-state index in [1.54, 1.807) is 11.1 Å². The van der Waals surface area contributed by atoms with E-state index in [4.69, 9.17) is 0 Å². The molecule has 7 aromatic carbocycles. The summed E-state index contributed by atoms with van der Waals surface area (Å²) >= 11 is 0. The molecule has 7 aromatic rings. The molecule has 0 unspecified atom stereocenters. The molecule has 0 saturated heterocycles. The van der Waals surface area contributed by atoms with Gasteiger partial charge >= 0.3 is 0 Å². The number of nitrogens with zero attached hydrogens (tertiary/aromatic N) is 1. The Kier molecular flexibility index (Phi) is 17.0. The number of hydrogen-bond acceptors (Lipinski definition) is 1. The van der Waals surface area contributed by atoms with E-state index in [1.807, 2.05) is 0 Å². The molecule has 0 aliphatic heterocycles. The lowest BCUT2D eigenvalue weighted by molar-refractivity contribution is 0.397. The van der Waals surface area contributed by atoms with Crippen molar-refractivity contribution in [3.05, 3.63) is 186 Å². The van der Waals surface area contributed by atoms with Gasteiger partial charge in [-0.25, -0.2) is 0 Å². The second-order valence-electron chi connectivity index (χ2n) is 20.7. The molecule has 0 bridgehead atoms. The summed E-state index contributed by atoms with van der Waals surface area (Å²) in [7, 11) is 0. The Morgan fingerprint density at radius 1 is 0.319 bits per heavy atom. The van der Waals surface area contributed by atoms with Crippen LogP contribution >= 0.6 is 0 Å². The van der Waals surface area contributed by atoms with Crippen molar-refractivity contribution in [2.75, 3.05) is 4.90 Å². The maximum absolute atomic E-state index is 2.62. The van der Waals surface area contributed by atoms with Crippen LogP contribution in [0.15, 0.2) is 164 Å². The zero-order valence-electron chi connectivity index (χ0n) is 42.3. The van der Waals surface area contributed by atoms with Gasteiger partial charge in [-0.05, 0) is 128 Å². The molecule has 1 nitrogen and oxygen atoms in total. The Morgan fingerprint density at radius 2 is 0.754 bits per heavy atom. The second-order valence-corrected chi connectivity index (χ2v) is 20.7. The second kappa shape index (κ2) is 24.3. The fraction of sp³-hybridized carbons (Fsp3) is 0.382. The molecule has 0 fully saturated rings. The van der Waals surface area contributed by atoms with Crippen LogP contribution in [-0.2, 0) is 11.8 Å². The van der Waals surface area contributed by atoms with Gasteiger partial charge in [0.25, 0.3) is 0 Å². The van der Waals surface area contributed by atoms with E-state index in [0.717, 1.165) is 6.42 Å². The van der Waals surface area contributed by atoms with Crippen molar-refractivity contribution in [3.63, 3.8) is 0 Å². The molecule has 0 radical (unpaired) electrons. The van der Waals surface area contributed by atoms with E-state index < -0.39 is 0 Å². The topological polar surface area (TPSA) is 3.24 Å². The average molecular weight is 910 g/mol. The van der Waals surface area contributed by atoms with Gasteiger partial charge < -0.3 is 4.90 Å². The van der Waals surface area contributed by atoms with E-state index in [9.17, 15) is 0 Å². The van der Waals surface area contributed by atoms with Crippen molar-refractivity contribution in [3.8, 4) is 44.5 Å². The van der Waals surface area contributed by atoms with Crippen LogP contribution in [0.25, 0.3) is 44.5 Å². The minimum absolute atomic E-state index is 0.0150. The summed E-state index contributed by atoms with van der Waals surface area (Å²) in [5.41, 5.74) is 20.3. The highest BCUT2D eigenvalue weighted by molar-refractivity contribution is 5.87. The van der Waals surface area contributed by atoms with Gasteiger partial charge in [-0.3, -0.25) is 0 Å². The molecule has 0 amide bonds. The highest BCUT2D eigenvalue weighted by Crippen LogP contribution is 2.56. The van der Waals surface area contributed by atoms with Crippen LogP contribution in [0, 0.1) is 0 Å². The smallest absolute Gasteiger partial charge is 0.0465 e. The number of rotatable bonds is 27. The van der Waals surface area contributed by atoms with Gasteiger partial charge in [0, 0.05) is 22.5 Å². The molecule has 2 aliphatic carbocycles. The molecule has 0 spiro atoms. The lowest BCUT2D eigenvalue weighted by Gasteiger charge is -2.34. The normalized spacial score (nSPS) is 13.0. The average Bonchev–Trinajstić information content (AvgIpc) is 3.91. The molecular weight excluding hydrogens is 831 g/mol. The Balaban J connectivity index is 1.03. The molecule has 0 aromatic heterocycles. The quantitative estimate of drug-likeness (QED) is 0.0465. The molecular formula is C68H79N. The lowest BCUT2D eigenvalue weighted by atomic mass is 9.70. The van der Waals surface area contributed by atoms with Gasteiger partial charge in [0.1, 0.15) is 0 Å². The van der Waals surface area contributed by atoms with Gasteiger partial charge in [-0.1, -0.05) is 264 Å². The van der Waals surface area contributed by atoms with Crippen LogP contribution in [0.2, 0.25) is 0 Å². The molecule has 2 aliphatic rings. The van der Waals surface area contributed by atoms with Crippen molar-refractivity contribution in [2.24, 2.45) is 0 Å². The molecule has 0 heterocycles. The molecule has 9 rings (SSSR count). The molecule has 0 atom stereocenters. The highest BCUT2D eigenvalue weighted by atomic mass is 15.1. The van der Waals surface area contributed by atoms with Crippen LogP contribution in [0.1, 0.15) is 177 Å². The van der Waals surface area contributed by atoms with Gasteiger partial charge in [-0.15, -0.1) is 0 Å². The lowest BCUT2D eigenvalue weighted by Crippen LogP contribution is -2.26. The van der Waals surface area contributed by atoms with Crippen LogP contribution in [-0.4, -0.2) is 0 Å². The fourth-order valence-corrected chi connectivity index (χ4v) is 12.1. The van der Waals surface area contributed by atoms with Crippen molar-refractivity contribution >= 4 is 17.1 Å². The minimum atomic E-state index is 0.0150. The van der Waals surface area contributed by atoms with Crippen LogP contribution in [0.5, 0.6) is 0 Å². The van der Waals surface area contributed by atoms with Gasteiger partial charge in [0.15, 0.2) is 0 Å². The Hall–Kier alpha value is -5.66. The number of anilines is 3. The summed E-state index contributed by atoms with van der Waals surface area (Å²) in [5, 5.41) is 0. The summed E-state index contributed by atoms with van der Waals surface area (Å²) in [4.78, 5) is 2.52. The van der Waals surface area contributed by atoms with Gasteiger partial charge in [0.2, 0.25) is 0 Å². The third-order valence-corrected chi connectivity index (χ3v) is 15.9. The maximum Gasteiger partial charge on any atom is 0.0465 e. The Labute approximate surface area is 417 Å². The molecule has 1 heteroatoms. The van der Waals surface area contributed by atoms with E-state index in [-0.39, 0.29) is 5.41 Å². The van der Waals surface area contributed by atoms with E-state index in [2.05, 4.69) is 183 Å². The predicted molar refractivity (Wildman–Crippen MR) is 299 cm³/mol. The third kappa shape index (κ3) is 11.5. The Bertz CT molecular complexity index is 2650. The monoisotopic (exact) mass is 910 g/mol. The molecule has 0 saturated carbocycles. The molecule has 356 valence electrons. The fourth-order valence-electron chi connectivity index (χ4n) is 12.1. The standard InChI is InChI=1S/C68H79N/c1-3-5-7-9-11-13-15-17-19-28-48-68(49-29-20-18-16-14-12-10-8-6-4-2)66-35-27-26-34-63(66)64-47-46-61(52-67(64)68)69(59-42-38-54(39-43-59)53-30-22-21-23-31-53)60-44-40-55(41-45-60)56-36-37-58-50-57-32-24-25-33-62(57)65(58)51-56/h21-27,30-47,51-52H,3-20,28-29,48-50H2,1-2H3. The van der Waals surface area contributed by atoms with Crippen molar-refractivity contribution in [2.45, 2.75) is 167 Å². The van der Waals surface area contributed by atoms with Crippen molar-refractivity contribution < 1.29 is 0 Å². The minimum Gasteiger partial charge on any atom is -0.310 e. The first kappa shape index (κ1) is 48.4. The van der Waals surface area contributed by atoms with Crippen LogP contribution < -0.4 is 4.90 Å². The number of benzene rings is 7. The number of hydrogen-bond donors (Lipinski definition) is 0. The summed E-state index contributed by atoms with van der Waals surface area (Å²) in [6.07, 6.45) is 30.9. The predicted octanol–water partition coefficient (Wildman–Crippen LogP) is 21.0. The molecule has 0 N–H and O–H groups in total. The number of unbranched alkanes of at least 4 members (excludes halogenated alkanes) is 18. The first-order valence-electron chi connectivity index (χ1n) is 27.7. The third-order valence-electron chi connectivity index (χ3n) is 15.9. The summed E-state index contributed by atoms with van der Waals surface area (Å²) in [5.74, 6) is 0. The first-order valence-corrected chi connectivity index (χ1v) is 27.7. The molecule has 69 heavy (non-hydrogen) atoms. The van der Waals surface area contributed by atoms with Crippen LogP contribution in [0.3, 0.4) is 0 Å². The van der Waals surface area contributed by atoms with Gasteiger partial charge in [-0.2, -0.15) is 0 Å². The summed E-state index contributed by atoms with van der Waals surface area (Å²) in [6, 6.07) is 62.5.